The molecule has 0 spiro atoms. The maximum Gasteiger partial charge on any atom is 0.265 e. The van der Waals surface area contributed by atoms with Gasteiger partial charge in [-0.2, -0.15) is 0 Å². The minimum atomic E-state index is -0.518. The summed E-state index contributed by atoms with van der Waals surface area (Å²) in [5, 5.41) is 2.96. The molecule has 0 saturated heterocycles. The molecule has 1 N–H and O–H groups in total. The van der Waals surface area contributed by atoms with E-state index in [4.69, 9.17) is 4.74 Å². The van der Waals surface area contributed by atoms with E-state index in [2.05, 4.69) is 17.4 Å². The lowest BCUT2D eigenvalue weighted by atomic mass is 10.2. The molecule has 3 rings (SSSR count). The molecule has 0 aliphatic rings. The predicted molar refractivity (Wildman–Crippen MR) is 117 cm³/mol. The topological polar surface area (TPSA) is 38.3 Å². The highest BCUT2D eigenvalue weighted by atomic mass is 32.2. The van der Waals surface area contributed by atoms with Gasteiger partial charge < -0.3 is 10.1 Å². The zero-order valence-corrected chi connectivity index (χ0v) is 17.0. The van der Waals surface area contributed by atoms with Gasteiger partial charge in [-0.25, -0.2) is 0 Å². The van der Waals surface area contributed by atoms with Crippen molar-refractivity contribution in [3.05, 3.63) is 90.0 Å². The Morgan fingerprint density at radius 1 is 1.00 bits per heavy atom. The first-order valence-corrected chi connectivity index (χ1v) is 10.4. The largest absolute Gasteiger partial charge is 0.481 e. The second-order valence-electron chi connectivity index (χ2n) is 6.62. The Bertz CT molecular complexity index is 894. The second kappa shape index (κ2) is 10.00. The number of nitrogens with one attached hydrogen (secondary N) is 1. The van der Waals surface area contributed by atoms with Crippen LogP contribution >= 0.6 is 11.8 Å². The van der Waals surface area contributed by atoms with Gasteiger partial charge in [0.15, 0.2) is 6.10 Å². The molecule has 0 fully saturated rings. The highest BCUT2D eigenvalue weighted by Gasteiger charge is 2.18. The average Bonchev–Trinajstić information content (AvgIpc) is 2.72. The van der Waals surface area contributed by atoms with Gasteiger partial charge >= 0.3 is 0 Å². The minimum Gasteiger partial charge on any atom is -0.481 e. The van der Waals surface area contributed by atoms with E-state index in [9.17, 15) is 4.79 Å². The van der Waals surface area contributed by atoms with Crippen LogP contribution in [0.4, 0.5) is 5.69 Å². The van der Waals surface area contributed by atoms with E-state index < -0.39 is 6.10 Å². The average molecular weight is 392 g/mol. The van der Waals surface area contributed by atoms with Crippen LogP contribution in [0.25, 0.3) is 0 Å². The van der Waals surface area contributed by atoms with Gasteiger partial charge in [-0.1, -0.05) is 49.4 Å². The van der Waals surface area contributed by atoms with Crippen LogP contribution in [0.1, 0.15) is 24.5 Å². The normalized spacial score (nSPS) is 11.6. The molecule has 4 heteroatoms. The number of carbonyl (C=O) groups is 1. The molecule has 28 heavy (non-hydrogen) atoms. The summed E-state index contributed by atoms with van der Waals surface area (Å²) in [6.45, 7) is 3.95. The van der Waals surface area contributed by atoms with E-state index in [0.717, 1.165) is 22.8 Å². The van der Waals surface area contributed by atoms with Crippen LogP contribution in [0.5, 0.6) is 5.75 Å². The number of ether oxygens (including phenoxy) is 1. The van der Waals surface area contributed by atoms with Crippen molar-refractivity contribution < 1.29 is 9.53 Å². The lowest BCUT2D eigenvalue weighted by molar-refractivity contribution is -0.122. The number of aryl methyl sites for hydroxylation is 1. The molecular formula is C24H25NO2S. The quantitative estimate of drug-likeness (QED) is 0.473. The summed E-state index contributed by atoms with van der Waals surface area (Å²) in [6.07, 6.45) is 0.0843. The molecule has 0 heterocycles. The highest BCUT2D eigenvalue weighted by molar-refractivity contribution is 7.98. The predicted octanol–water partition coefficient (Wildman–Crippen LogP) is 6.08. The van der Waals surface area contributed by atoms with Crippen LogP contribution < -0.4 is 10.1 Å². The third-order valence-corrected chi connectivity index (χ3v) is 5.38. The van der Waals surface area contributed by atoms with Gasteiger partial charge in [-0.15, -0.1) is 11.8 Å². The van der Waals surface area contributed by atoms with Crippen LogP contribution in [0.3, 0.4) is 0 Å². The summed E-state index contributed by atoms with van der Waals surface area (Å²) in [5.74, 6) is 1.48. The first-order valence-electron chi connectivity index (χ1n) is 9.45. The molecule has 0 bridgehead atoms. The molecule has 0 aliphatic carbocycles. The zero-order valence-electron chi connectivity index (χ0n) is 16.2. The fourth-order valence-electron chi connectivity index (χ4n) is 2.77. The maximum atomic E-state index is 12.6. The molecule has 0 saturated carbocycles. The van der Waals surface area contributed by atoms with Crippen LogP contribution in [0.2, 0.25) is 0 Å². The van der Waals surface area contributed by atoms with E-state index >= 15 is 0 Å². The standard InChI is InChI=1S/C24H25NO2S/c1-3-23(27-21-9-7-8-18(2)16-21)24(26)25-20-14-12-19(13-15-20)17-28-22-10-5-4-6-11-22/h4-16,23H,3,17H2,1-2H3,(H,25,26)/t23-/m0/s1. The molecule has 144 valence electrons. The van der Waals surface area contributed by atoms with E-state index in [-0.39, 0.29) is 5.91 Å². The number of amides is 1. The molecule has 3 nitrogen and oxygen atoms in total. The summed E-state index contributed by atoms with van der Waals surface area (Å²) in [7, 11) is 0. The van der Waals surface area contributed by atoms with Crippen molar-refractivity contribution in [2.75, 3.05) is 5.32 Å². The molecule has 0 radical (unpaired) electrons. The zero-order chi connectivity index (χ0) is 19.8. The van der Waals surface area contributed by atoms with E-state index in [1.165, 1.54) is 10.5 Å². The molecule has 0 unspecified atom stereocenters. The molecule has 0 aromatic heterocycles. The lowest BCUT2D eigenvalue weighted by Crippen LogP contribution is -2.32. The van der Waals surface area contributed by atoms with E-state index in [0.29, 0.717) is 6.42 Å². The van der Waals surface area contributed by atoms with Crippen molar-refractivity contribution >= 4 is 23.4 Å². The fourth-order valence-corrected chi connectivity index (χ4v) is 3.64. The Balaban J connectivity index is 1.55. The van der Waals surface area contributed by atoms with Crippen molar-refractivity contribution in [2.24, 2.45) is 0 Å². The van der Waals surface area contributed by atoms with E-state index in [1.807, 2.05) is 80.6 Å². The van der Waals surface area contributed by atoms with Crippen molar-refractivity contribution in [1.82, 2.24) is 0 Å². The van der Waals surface area contributed by atoms with Gasteiger partial charge in [0.05, 0.1) is 0 Å². The summed E-state index contributed by atoms with van der Waals surface area (Å²) >= 11 is 1.80. The Morgan fingerprint density at radius 3 is 2.43 bits per heavy atom. The van der Waals surface area contributed by atoms with Gasteiger partial charge in [-0.3, -0.25) is 4.79 Å². The van der Waals surface area contributed by atoms with Gasteiger partial charge in [0.1, 0.15) is 5.75 Å². The van der Waals surface area contributed by atoms with Gasteiger partial charge in [0, 0.05) is 16.3 Å². The van der Waals surface area contributed by atoms with E-state index in [1.54, 1.807) is 11.8 Å². The number of rotatable bonds is 8. The van der Waals surface area contributed by atoms with Crippen molar-refractivity contribution in [3.8, 4) is 5.75 Å². The third-order valence-electron chi connectivity index (χ3n) is 4.30. The third kappa shape index (κ3) is 5.89. The van der Waals surface area contributed by atoms with Crippen LogP contribution in [0, 0.1) is 6.92 Å². The van der Waals surface area contributed by atoms with Crippen LogP contribution in [-0.2, 0) is 10.5 Å². The van der Waals surface area contributed by atoms with Crippen LogP contribution in [0.15, 0.2) is 83.8 Å². The monoisotopic (exact) mass is 391 g/mol. The number of benzene rings is 3. The summed E-state index contributed by atoms with van der Waals surface area (Å²) in [4.78, 5) is 13.8. The molecule has 3 aromatic rings. The number of hydrogen-bond acceptors (Lipinski definition) is 3. The molecule has 0 aliphatic heterocycles. The summed E-state index contributed by atoms with van der Waals surface area (Å²) in [6, 6.07) is 26.1. The van der Waals surface area contributed by atoms with Gasteiger partial charge in [0.25, 0.3) is 5.91 Å². The minimum absolute atomic E-state index is 0.129. The number of hydrogen-bond donors (Lipinski definition) is 1. The lowest BCUT2D eigenvalue weighted by Gasteiger charge is -2.17. The number of thioether (sulfide) groups is 1. The number of carbonyl (C=O) groups excluding carboxylic acids is 1. The highest BCUT2D eigenvalue weighted by Crippen LogP contribution is 2.23. The van der Waals surface area contributed by atoms with Crippen molar-refractivity contribution in [1.29, 1.82) is 0 Å². The maximum absolute atomic E-state index is 12.6. The first-order chi connectivity index (χ1) is 13.6. The molecule has 1 amide bonds. The van der Waals surface area contributed by atoms with Crippen LogP contribution in [-0.4, -0.2) is 12.0 Å². The van der Waals surface area contributed by atoms with Gasteiger partial charge in [-0.05, 0) is 60.9 Å². The Hall–Kier alpha value is -2.72. The molecule has 1 atom stereocenters. The second-order valence-corrected chi connectivity index (χ2v) is 7.67. The molecule has 3 aromatic carbocycles. The fraction of sp³-hybridized carbons (Fsp3) is 0.208. The Labute approximate surface area is 171 Å². The van der Waals surface area contributed by atoms with Crippen molar-refractivity contribution in [2.45, 2.75) is 37.0 Å². The summed E-state index contributed by atoms with van der Waals surface area (Å²) < 4.78 is 5.87. The number of anilines is 1. The first kappa shape index (κ1) is 20.0. The van der Waals surface area contributed by atoms with Crippen molar-refractivity contribution in [3.63, 3.8) is 0 Å². The van der Waals surface area contributed by atoms with Gasteiger partial charge in [0.2, 0.25) is 0 Å². The SMILES string of the molecule is CC[C@H](Oc1cccc(C)c1)C(=O)Nc1ccc(CSc2ccccc2)cc1. The molecular weight excluding hydrogens is 366 g/mol. The smallest absolute Gasteiger partial charge is 0.265 e. The Kier molecular flexibility index (Phi) is 7.15. The summed E-state index contributed by atoms with van der Waals surface area (Å²) in [5.41, 5.74) is 3.11. The Morgan fingerprint density at radius 2 is 1.75 bits per heavy atom.